The van der Waals surface area contributed by atoms with Crippen molar-refractivity contribution in [1.82, 2.24) is 14.2 Å². The summed E-state index contributed by atoms with van der Waals surface area (Å²) in [4.78, 5) is 24.1. The first kappa shape index (κ1) is 16.8. The second-order valence-corrected chi connectivity index (χ2v) is 6.13. The topological polar surface area (TPSA) is 86.1 Å². The number of amides is 1. The number of carbonyl (C=O) groups excluding carboxylic acids is 1. The van der Waals surface area contributed by atoms with Gasteiger partial charge in [0.1, 0.15) is 17.3 Å². The molecule has 3 rings (SSSR count). The number of aromatic nitrogens is 3. The van der Waals surface area contributed by atoms with Crippen molar-refractivity contribution in [2.24, 2.45) is 0 Å². The quantitative estimate of drug-likeness (QED) is 0.758. The number of ether oxygens (including phenoxy) is 1. The van der Waals surface area contributed by atoms with E-state index in [2.05, 4.69) is 14.8 Å². The maximum absolute atomic E-state index is 12.1. The third-order valence-corrected chi connectivity index (χ3v) is 4.21. The van der Waals surface area contributed by atoms with Crippen LogP contribution in [-0.2, 0) is 11.3 Å². The molecule has 3 aromatic rings. The van der Waals surface area contributed by atoms with Crippen molar-refractivity contribution in [3.8, 4) is 17.0 Å². The maximum Gasteiger partial charge on any atom is 0.267 e. The second kappa shape index (κ2) is 7.27. The molecule has 0 saturated carbocycles. The molecule has 1 N–H and O–H groups in total. The SMILES string of the molecule is COc1cccc(-c2ccc(=O)n(CC(=O)Nc3cc(C)ns3)n2)c1. The van der Waals surface area contributed by atoms with Crippen LogP contribution in [0.5, 0.6) is 5.75 Å². The van der Waals surface area contributed by atoms with Crippen LogP contribution < -0.4 is 15.6 Å². The summed E-state index contributed by atoms with van der Waals surface area (Å²) in [5.41, 5.74) is 1.87. The largest absolute Gasteiger partial charge is 0.497 e. The number of rotatable bonds is 5. The summed E-state index contributed by atoms with van der Waals surface area (Å²) < 4.78 is 10.4. The zero-order valence-electron chi connectivity index (χ0n) is 13.7. The van der Waals surface area contributed by atoms with Gasteiger partial charge >= 0.3 is 0 Å². The summed E-state index contributed by atoms with van der Waals surface area (Å²) in [5.74, 6) is 0.358. The summed E-state index contributed by atoms with van der Waals surface area (Å²) in [6.45, 7) is 1.67. The van der Waals surface area contributed by atoms with Crippen LogP contribution in [0.2, 0.25) is 0 Å². The molecule has 0 radical (unpaired) electrons. The molecule has 25 heavy (non-hydrogen) atoms. The van der Waals surface area contributed by atoms with Crippen molar-refractivity contribution in [2.45, 2.75) is 13.5 Å². The number of hydrogen-bond donors (Lipinski definition) is 1. The molecule has 0 fully saturated rings. The first-order valence-corrected chi connectivity index (χ1v) is 8.28. The molecular weight excluding hydrogens is 340 g/mol. The third-order valence-electron chi connectivity index (χ3n) is 3.42. The van der Waals surface area contributed by atoms with Gasteiger partial charge in [-0.3, -0.25) is 9.59 Å². The average Bonchev–Trinajstić information content (AvgIpc) is 3.01. The molecule has 0 spiro atoms. The van der Waals surface area contributed by atoms with Crippen LogP contribution in [0.15, 0.2) is 47.3 Å². The molecule has 7 nitrogen and oxygen atoms in total. The summed E-state index contributed by atoms with van der Waals surface area (Å²) >= 11 is 1.19. The Hall–Kier alpha value is -3.00. The van der Waals surface area contributed by atoms with Crippen molar-refractivity contribution >= 4 is 22.4 Å². The van der Waals surface area contributed by atoms with Gasteiger partial charge in [-0.2, -0.15) is 9.47 Å². The van der Waals surface area contributed by atoms with Crippen molar-refractivity contribution in [3.05, 3.63) is 58.5 Å². The van der Waals surface area contributed by atoms with E-state index in [1.165, 1.54) is 17.6 Å². The van der Waals surface area contributed by atoms with Gasteiger partial charge in [0.05, 0.1) is 18.5 Å². The Kier molecular flexibility index (Phi) is 4.90. The molecule has 0 aliphatic rings. The first-order chi connectivity index (χ1) is 12.0. The molecule has 2 aromatic heterocycles. The van der Waals surface area contributed by atoms with E-state index in [9.17, 15) is 9.59 Å². The van der Waals surface area contributed by atoms with Gasteiger partial charge in [0.2, 0.25) is 5.91 Å². The molecule has 0 bridgehead atoms. The fraction of sp³-hybridized carbons (Fsp3) is 0.176. The number of anilines is 1. The van der Waals surface area contributed by atoms with Crippen LogP contribution in [0, 0.1) is 6.92 Å². The molecule has 0 unspecified atom stereocenters. The second-order valence-electron chi connectivity index (χ2n) is 5.33. The number of nitrogens with one attached hydrogen (secondary N) is 1. The summed E-state index contributed by atoms with van der Waals surface area (Å²) in [6, 6.07) is 12.1. The van der Waals surface area contributed by atoms with E-state index in [1.54, 1.807) is 19.2 Å². The highest BCUT2D eigenvalue weighted by molar-refractivity contribution is 7.10. The lowest BCUT2D eigenvalue weighted by molar-refractivity contribution is -0.116. The highest BCUT2D eigenvalue weighted by Crippen LogP contribution is 2.21. The van der Waals surface area contributed by atoms with Gasteiger partial charge in [-0.25, -0.2) is 4.68 Å². The van der Waals surface area contributed by atoms with Gasteiger partial charge in [-0.15, -0.1) is 0 Å². The molecule has 2 heterocycles. The van der Waals surface area contributed by atoms with Gasteiger partial charge in [0.15, 0.2) is 0 Å². The van der Waals surface area contributed by atoms with Crippen LogP contribution >= 0.6 is 11.5 Å². The number of nitrogens with zero attached hydrogens (tertiary/aromatic N) is 3. The molecular formula is C17H16N4O3S. The number of aryl methyl sites for hydroxylation is 1. The lowest BCUT2D eigenvalue weighted by Crippen LogP contribution is -2.29. The Balaban J connectivity index is 1.81. The molecule has 0 atom stereocenters. The third kappa shape index (κ3) is 4.10. The van der Waals surface area contributed by atoms with Crippen molar-refractivity contribution < 1.29 is 9.53 Å². The Morgan fingerprint density at radius 3 is 2.84 bits per heavy atom. The standard InChI is InChI=1S/C17H16N4O3S/c1-11-8-16(25-20-11)18-15(22)10-21-17(23)7-6-14(19-21)12-4-3-5-13(9-12)24-2/h3-9H,10H2,1-2H3,(H,18,22). The minimum absolute atomic E-state index is 0.173. The zero-order valence-corrected chi connectivity index (χ0v) is 14.5. The normalized spacial score (nSPS) is 10.5. The Bertz CT molecular complexity index is 964. The van der Waals surface area contributed by atoms with Gasteiger partial charge in [0.25, 0.3) is 5.56 Å². The van der Waals surface area contributed by atoms with E-state index in [0.717, 1.165) is 15.9 Å². The smallest absolute Gasteiger partial charge is 0.267 e. The summed E-state index contributed by atoms with van der Waals surface area (Å²) in [5, 5.41) is 7.63. The predicted molar refractivity (Wildman–Crippen MR) is 96.0 cm³/mol. The van der Waals surface area contributed by atoms with Crippen molar-refractivity contribution in [2.75, 3.05) is 12.4 Å². The molecule has 0 aliphatic heterocycles. The Morgan fingerprint density at radius 1 is 1.28 bits per heavy atom. The number of methoxy groups -OCH3 is 1. The average molecular weight is 356 g/mol. The van der Waals surface area contributed by atoms with E-state index in [-0.39, 0.29) is 18.0 Å². The highest BCUT2D eigenvalue weighted by atomic mass is 32.1. The van der Waals surface area contributed by atoms with Gasteiger partial charge in [-0.1, -0.05) is 12.1 Å². The summed E-state index contributed by atoms with van der Waals surface area (Å²) in [6.07, 6.45) is 0. The molecule has 8 heteroatoms. The predicted octanol–water partition coefficient (Wildman–Crippen LogP) is 2.32. The van der Waals surface area contributed by atoms with Crippen LogP contribution in [0.1, 0.15) is 5.69 Å². The fourth-order valence-electron chi connectivity index (χ4n) is 2.23. The van der Waals surface area contributed by atoms with Gasteiger partial charge in [-0.05, 0) is 42.7 Å². The molecule has 128 valence electrons. The lowest BCUT2D eigenvalue weighted by atomic mass is 10.1. The van der Waals surface area contributed by atoms with Crippen molar-refractivity contribution in [1.29, 1.82) is 0 Å². The summed E-state index contributed by atoms with van der Waals surface area (Å²) in [7, 11) is 1.58. The zero-order chi connectivity index (χ0) is 17.8. The molecule has 1 aromatic carbocycles. The highest BCUT2D eigenvalue weighted by Gasteiger charge is 2.10. The van der Waals surface area contributed by atoms with Gasteiger partial charge < -0.3 is 10.1 Å². The van der Waals surface area contributed by atoms with Crippen LogP contribution in [0.3, 0.4) is 0 Å². The van der Waals surface area contributed by atoms with Gasteiger partial charge in [0, 0.05) is 11.6 Å². The minimum atomic E-state index is -0.345. The van der Waals surface area contributed by atoms with E-state index < -0.39 is 0 Å². The molecule has 0 saturated heterocycles. The fourth-order valence-corrected chi connectivity index (χ4v) is 2.91. The van der Waals surface area contributed by atoms with Crippen LogP contribution in [0.25, 0.3) is 11.3 Å². The minimum Gasteiger partial charge on any atom is -0.497 e. The maximum atomic E-state index is 12.1. The number of hydrogen-bond acceptors (Lipinski definition) is 6. The Morgan fingerprint density at radius 2 is 2.12 bits per heavy atom. The number of benzene rings is 1. The van der Waals surface area contributed by atoms with E-state index in [4.69, 9.17) is 4.74 Å². The monoisotopic (exact) mass is 356 g/mol. The Labute approximate surface area is 148 Å². The molecule has 1 amide bonds. The van der Waals surface area contributed by atoms with Crippen molar-refractivity contribution in [3.63, 3.8) is 0 Å². The lowest BCUT2D eigenvalue weighted by Gasteiger charge is -2.08. The first-order valence-electron chi connectivity index (χ1n) is 7.51. The van der Waals surface area contributed by atoms with E-state index in [0.29, 0.717) is 16.4 Å². The van der Waals surface area contributed by atoms with Crippen LogP contribution in [-0.4, -0.2) is 27.2 Å². The molecule has 0 aliphatic carbocycles. The van der Waals surface area contributed by atoms with Crippen LogP contribution in [0.4, 0.5) is 5.00 Å². The number of carbonyl (C=O) groups is 1. The van der Waals surface area contributed by atoms with E-state index >= 15 is 0 Å². The van der Waals surface area contributed by atoms with E-state index in [1.807, 2.05) is 31.2 Å².